The number of benzene rings is 2. The summed E-state index contributed by atoms with van der Waals surface area (Å²) in [5.74, 6) is 1.02. The first-order valence-corrected chi connectivity index (χ1v) is 10.4. The average molecular weight is 389 g/mol. The Kier molecular flexibility index (Phi) is 5.27. The highest BCUT2D eigenvalue weighted by Crippen LogP contribution is 2.32. The zero-order chi connectivity index (χ0) is 20.5. The van der Waals surface area contributed by atoms with E-state index >= 15 is 0 Å². The van der Waals surface area contributed by atoms with Crippen molar-refractivity contribution in [2.75, 3.05) is 6.54 Å². The van der Waals surface area contributed by atoms with E-state index in [0.29, 0.717) is 39.8 Å². The van der Waals surface area contributed by atoms with Gasteiger partial charge in [-0.15, -0.1) is 0 Å². The van der Waals surface area contributed by atoms with Crippen LogP contribution in [0.5, 0.6) is 0 Å². The van der Waals surface area contributed by atoms with Crippen LogP contribution in [0.2, 0.25) is 0 Å². The molecule has 1 aromatic heterocycles. The zero-order valence-corrected chi connectivity index (χ0v) is 17.3. The van der Waals surface area contributed by atoms with Crippen LogP contribution >= 0.6 is 0 Å². The van der Waals surface area contributed by atoms with Crippen molar-refractivity contribution < 1.29 is 9.21 Å². The van der Waals surface area contributed by atoms with E-state index in [2.05, 4.69) is 13.8 Å². The third-order valence-corrected chi connectivity index (χ3v) is 5.61. The van der Waals surface area contributed by atoms with Crippen LogP contribution in [0.3, 0.4) is 0 Å². The fourth-order valence-electron chi connectivity index (χ4n) is 3.73. The molecule has 4 rings (SSSR count). The maximum Gasteiger partial charge on any atom is 0.257 e. The van der Waals surface area contributed by atoms with Crippen LogP contribution in [0, 0.1) is 12.8 Å². The van der Waals surface area contributed by atoms with Crippen LogP contribution < -0.4 is 5.43 Å². The van der Waals surface area contributed by atoms with Crippen LogP contribution in [-0.4, -0.2) is 23.4 Å². The number of fused-ring (bicyclic) bond motifs is 1. The lowest BCUT2D eigenvalue weighted by atomic mass is 10.0. The van der Waals surface area contributed by atoms with Crippen LogP contribution in [0.15, 0.2) is 57.7 Å². The van der Waals surface area contributed by atoms with Crippen molar-refractivity contribution in [2.45, 2.75) is 46.1 Å². The second-order valence-electron chi connectivity index (χ2n) is 8.35. The average Bonchev–Trinajstić information content (AvgIpc) is 3.56. The number of rotatable bonds is 6. The predicted molar refractivity (Wildman–Crippen MR) is 116 cm³/mol. The predicted octanol–water partition coefficient (Wildman–Crippen LogP) is 5.42. The smallest absolute Gasteiger partial charge is 0.257 e. The molecule has 0 saturated heterocycles. The molecule has 2 aromatic carbocycles. The molecule has 1 aliphatic rings. The third-order valence-electron chi connectivity index (χ3n) is 5.61. The van der Waals surface area contributed by atoms with E-state index in [0.717, 1.165) is 31.4 Å². The first kappa shape index (κ1) is 19.4. The van der Waals surface area contributed by atoms with Gasteiger partial charge < -0.3 is 9.32 Å². The van der Waals surface area contributed by atoms with Gasteiger partial charge in [-0.1, -0.05) is 50.2 Å². The summed E-state index contributed by atoms with van der Waals surface area (Å²) in [6.45, 7) is 6.85. The summed E-state index contributed by atoms with van der Waals surface area (Å²) in [5, 5.41) is 0.465. The molecule has 1 aliphatic carbocycles. The highest BCUT2D eigenvalue weighted by atomic mass is 16.3. The van der Waals surface area contributed by atoms with Gasteiger partial charge in [-0.25, -0.2) is 0 Å². The normalized spacial score (nSPS) is 13.8. The second kappa shape index (κ2) is 7.86. The topological polar surface area (TPSA) is 50.5 Å². The molecule has 1 fully saturated rings. The lowest BCUT2D eigenvalue weighted by molar-refractivity contribution is 0.0736. The standard InChI is InChI=1S/C25H27NO3/c1-16(2)14-15-26(19-12-13-19)25(28)21-11-7-10-20-22(27)17(3)23(29-24(20)21)18-8-5-4-6-9-18/h4-11,16,19H,12-15H2,1-3H3. The fourth-order valence-corrected chi connectivity index (χ4v) is 3.73. The zero-order valence-electron chi connectivity index (χ0n) is 17.3. The van der Waals surface area contributed by atoms with Crippen LogP contribution in [-0.2, 0) is 0 Å². The molecular weight excluding hydrogens is 362 g/mol. The molecule has 0 radical (unpaired) electrons. The van der Waals surface area contributed by atoms with Crippen LogP contribution in [0.25, 0.3) is 22.3 Å². The Hall–Kier alpha value is -2.88. The highest BCUT2D eigenvalue weighted by molar-refractivity contribution is 6.05. The molecule has 0 atom stereocenters. The van der Waals surface area contributed by atoms with Crippen LogP contribution in [0.1, 0.15) is 49.0 Å². The monoisotopic (exact) mass is 389 g/mol. The summed E-state index contributed by atoms with van der Waals surface area (Å²) in [4.78, 5) is 28.5. The Balaban J connectivity index is 1.83. The molecule has 4 nitrogen and oxygen atoms in total. The number of para-hydroxylation sites is 1. The summed E-state index contributed by atoms with van der Waals surface area (Å²) >= 11 is 0. The van der Waals surface area contributed by atoms with E-state index < -0.39 is 0 Å². The number of carbonyl (C=O) groups excluding carboxylic acids is 1. The molecule has 4 heteroatoms. The minimum absolute atomic E-state index is 0.0373. The molecule has 1 amide bonds. The van der Waals surface area contributed by atoms with E-state index in [1.54, 1.807) is 25.1 Å². The van der Waals surface area contributed by atoms with Gasteiger partial charge in [0.25, 0.3) is 5.91 Å². The second-order valence-corrected chi connectivity index (χ2v) is 8.35. The summed E-state index contributed by atoms with van der Waals surface area (Å²) in [7, 11) is 0. The van der Waals surface area contributed by atoms with Crippen molar-refractivity contribution >= 4 is 16.9 Å². The quantitative estimate of drug-likeness (QED) is 0.566. The van der Waals surface area contributed by atoms with E-state index in [4.69, 9.17) is 4.42 Å². The third kappa shape index (κ3) is 3.84. The molecule has 0 bridgehead atoms. The van der Waals surface area contributed by atoms with Gasteiger partial charge in [0.05, 0.1) is 10.9 Å². The summed E-state index contributed by atoms with van der Waals surface area (Å²) in [6, 6.07) is 15.2. The first-order chi connectivity index (χ1) is 14.0. The molecule has 1 heterocycles. The van der Waals surface area contributed by atoms with Crippen molar-refractivity contribution in [3.05, 3.63) is 69.9 Å². The largest absolute Gasteiger partial charge is 0.455 e. The molecule has 150 valence electrons. The maximum atomic E-state index is 13.5. The minimum atomic E-state index is -0.0834. The number of nitrogens with zero attached hydrogens (tertiary/aromatic N) is 1. The summed E-state index contributed by atoms with van der Waals surface area (Å²) < 4.78 is 6.24. The van der Waals surface area contributed by atoms with E-state index in [9.17, 15) is 9.59 Å². The lowest BCUT2D eigenvalue weighted by Crippen LogP contribution is -2.34. The number of amides is 1. The fraction of sp³-hybridized carbons (Fsp3) is 0.360. The van der Waals surface area contributed by atoms with Gasteiger partial charge in [0, 0.05) is 23.7 Å². The molecular formula is C25H27NO3. The molecule has 29 heavy (non-hydrogen) atoms. The van der Waals surface area contributed by atoms with E-state index in [1.165, 1.54) is 0 Å². The van der Waals surface area contributed by atoms with E-state index in [-0.39, 0.29) is 11.3 Å². The Morgan fingerprint density at radius 3 is 2.48 bits per heavy atom. The minimum Gasteiger partial charge on any atom is -0.455 e. The molecule has 0 unspecified atom stereocenters. The van der Waals surface area contributed by atoms with Gasteiger partial charge in [0.15, 0.2) is 11.0 Å². The Bertz CT molecular complexity index is 1090. The van der Waals surface area contributed by atoms with Gasteiger partial charge in [-0.3, -0.25) is 9.59 Å². The number of hydrogen-bond acceptors (Lipinski definition) is 3. The van der Waals surface area contributed by atoms with Gasteiger partial charge in [-0.05, 0) is 44.2 Å². The van der Waals surface area contributed by atoms with E-state index in [1.807, 2.05) is 35.2 Å². The number of hydrogen-bond donors (Lipinski definition) is 0. The molecule has 0 aliphatic heterocycles. The van der Waals surface area contributed by atoms with Crippen LogP contribution in [0.4, 0.5) is 0 Å². The van der Waals surface area contributed by atoms with Gasteiger partial charge >= 0.3 is 0 Å². The summed E-state index contributed by atoms with van der Waals surface area (Å²) in [5.41, 5.74) is 2.19. The molecule has 0 spiro atoms. The molecule has 1 saturated carbocycles. The SMILES string of the molecule is Cc1c(-c2ccccc2)oc2c(C(=O)N(CCC(C)C)C3CC3)cccc2c1=O. The molecule has 3 aromatic rings. The van der Waals surface area contributed by atoms with Crippen molar-refractivity contribution in [3.63, 3.8) is 0 Å². The highest BCUT2D eigenvalue weighted by Gasteiger charge is 2.34. The van der Waals surface area contributed by atoms with Gasteiger partial charge in [-0.2, -0.15) is 0 Å². The maximum absolute atomic E-state index is 13.5. The lowest BCUT2D eigenvalue weighted by Gasteiger charge is -2.24. The number of carbonyl (C=O) groups is 1. The van der Waals surface area contributed by atoms with Crippen molar-refractivity contribution in [2.24, 2.45) is 5.92 Å². The van der Waals surface area contributed by atoms with Crippen molar-refractivity contribution in [1.29, 1.82) is 0 Å². The Labute approximate surface area is 171 Å². The summed E-state index contributed by atoms with van der Waals surface area (Å²) in [6.07, 6.45) is 3.06. The Morgan fingerprint density at radius 2 is 1.83 bits per heavy atom. The molecule has 0 N–H and O–H groups in total. The first-order valence-electron chi connectivity index (χ1n) is 10.4. The Morgan fingerprint density at radius 1 is 1.10 bits per heavy atom. The van der Waals surface area contributed by atoms with Crippen molar-refractivity contribution in [3.8, 4) is 11.3 Å². The van der Waals surface area contributed by atoms with Gasteiger partial charge in [0.1, 0.15) is 5.76 Å². The van der Waals surface area contributed by atoms with Gasteiger partial charge in [0.2, 0.25) is 0 Å². The van der Waals surface area contributed by atoms with Crippen molar-refractivity contribution in [1.82, 2.24) is 4.90 Å².